The van der Waals surface area contributed by atoms with Crippen LogP contribution in [-0.2, 0) is 10.0 Å². The van der Waals surface area contributed by atoms with Crippen LogP contribution in [0.25, 0.3) is 0 Å². The Morgan fingerprint density at radius 1 is 1.06 bits per heavy atom. The molecule has 0 atom stereocenters. The molecule has 0 aromatic heterocycles. The van der Waals surface area contributed by atoms with Gasteiger partial charge in [-0.1, -0.05) is 0 Å². The van der Waals surface area contributed by atoms with E-state index in [2.05, 4.69) is 5.32 Å². The number of benzene rings is 1. The Bertz CT molecular complexity index is 549. The summed E-state index contributed by atoms with van der Waals surface area (Å²) in [4.78, 5) is 22.8. The van der Waals surface area contributed by atoms with Gasteiger partial charge in [-0.05, 0) is 31.2 Å². The molecule has 1 aromatic rings. The van der Waals surface area contributed by atoms with Crippen LogP contribution >= 0.6 is 0 Å². The zero-order valence-electron chi connectivity index (χ0n) is 10.1. The Labute approximate surface area is 105 Å². The summed E-state index contributed by atoms with van der Waals surface area (Å²) in [6.45, 7) is 1.43. The minimum Gasteiger partial charge on any atom is -0.355 e. The lowest BCUT2D eigenvalue weighted by Gasteiger charge is -2.05. The molecule has 6 nitrogen and oxygen atoms in total. The fourth-order valence-corrected chi connectivity index (χ4v) is 1.73. The Hall–Kier alpha value is -1.89. The van der Waals surface area contributed by atoms with Crippen molar-refractivity contribution in [3.8, 4) is 0 Å². The molecule has 0 aliphatic rings. The van der Waals surface area contributed by atoms with Crippen molar-refractivity contribution in [2.24, 2.45) is 0 Å². The van der Waals surface area contributed by atoms with Gasteiger partial charge in [-0.15, -0.1) is 0 Å². The highest BCUT2D eigenvalue weighted by Gasteiger charge is 2.14. The molecule has 0 unspecified atom stereocenters. The third-order valence-electron chi connectivity index (χ3n) is 2.26. The van der Waals surface area contributed by atoms with Gasteiger partial charge in [0.25, 0.3) is 11.8 Å². The minimum absolute atomic E-state index is 0.172. The molecular weight excluding hydrogens is 256 g/mol. The second kappa shape index (κ2) is 5.63. The number of rotatable bonds is 4. The summed E-state index contributed by atoms with van der Waals surface area (Å²) < 4.78 is 24.3. The fourth-order valence-electron chi connectivity index (χ4n) is 1.19. The van der Waals surface area contributed by atoms with E-state index in [-0.39, 0.29) is 17.2 Å². The largest absolute Gasteiger partial charge is 0.355 e. The van der Waals surface area contributed by atoms with Gasteiger partial charge in [0.05, 0.1) is 5.75 Å². The number of sulfonamides is 1. The molecule has 0 bridgehead atoms. The van der Waals surface area contributed by atoms with Crippen molar-refractivity contribution in [1.29, 1.82) is 0 Å². The first-order chi connectivity index (χ1) is 8.39. The molecule has 2 N–H and O–H groups in total. The van der Waals surface area contributed by atoms with Gasteiger partial charge in [-0.3, -0.25) is 9.59 Å². The zero-order valence-corrected chi connectivity index (χ0v) is 10.9. The highest BCUT2D eigenvalue weighted by Crippen LogP contribution is 2.05. The second-order valence-electron chi connectivity index (χ2n) is 3.49. The monoisotopic (exact) mass is 270 g/mol. The Balaban J connectivity index is 2.86. The van der Waals surface area contributed by atoms with E-state index in [1.54, 1.807) is 0 Å². The van der Waals surface area contributed by atoms with Gasteiger partial charge in [0.1, 0.15) is 0 Å². The molecule has 0 aliphatic carbocycles. The van der Waals surface area contributed by atoms with Crippen LogP contribution < -0.4 is 10.0 Å². The van der Waals surface area contributed by atoms with E-state index in [4.69, 9.17) is 0 Å². The van der Waals surface area contributed by atoms with Crippen molar-refractivity contribution in [1.82, 2.24) is 10.0 Å². The number of nitrogens with one attached hydrogen (secondary N) is 2. The van der Waals surface area contributed by atoms with Gasteiger partial charge in [0.2, 0.25) is 10.0 Å². The van der Waals surface area contributed by atoms with E-state index in [0.717, 1.165) is 0 Å². The van der Waals surface area contributed by atoms with Gasteiger partial charge in [-0.2, -0.15) is 0 Å². The maximum Gasteiger partial charge on any atom is 0.264 e. The van der Waals surface area contributed by atoms with Gasteiger partial charge >= 0.3 is 0 Å². The summed E-state index contributed by atoms with van der Waals surface area (Å²) >= 11 is 0. The van der Waals surface area contributed by atoms with E-state index in [9.17, 15) is 18.0 Å². The summed E-state index contributed by atoms with van der Waals surface area (Å²) in [5.74, 6) is -1.15. The summed E-state index contributed by atoms with van der Waals surface area (Å²) in [6.07, 6.45) is 0. The predicted molar refractivity (Wildman–Crippen MR) is 66.8 cm³/mol. The summed E-state index contributed by atoms with van der Waals surface area (Å²) in [6, 6.07) is 5.69. The molecule has 2 amide bonds. The Kier molecular flexibility index (Phi) is 4.43. The van der Waals surface area contributed by atoms with Crippen LogP contribution in [0.4, 0.5) is 0 Å². The van der Waals surface area contributed by atoms with Crippen LogP contribution in [0.1, 0.15) is 27.6 Å². The number of carbonyl (C=O) groups excluding carboxylic acids is 2. The number of amides is 2. The van der Waals surface area contributed by atoms with Crippen molar-refractivity contribution in [2.45, 2.75) is 6.92 Å². The molecular formula is C11H14N2O4S. The number of carbonyl (C=O) groups is 2. The van der Waals surface area contributed by atoms with Crippen LogP contribution in [0.15, 0.2) is 24.3 Å². The van der Waals surface area contributed by atoms with Crippen molar-refractivity contribution in [3.05, 3.63) is 35.4 Å². The van der Waals surface area contributed by atoms with E-state index in [0.29, 0.717) is 5.56 Å². The average Bonchev–Trinajstić information content (AvgIpc) is 2.37. The lowest BCUT2D eigenvalue weighted by molar-refractivity contribution is 0.0957. The quantitative estimate of drug-likeness (QED) is 0.813. The lowest BCUT2D eigenvalue weighted by Crippen LogP contribution is -2.31. The number of hydrogen-bond donors (Lipinski definition) is 2. The molecule has 1 aromatic carbocycles. The van der Waals surface area contributed by atoms with Gasteiger partial charge in [0, 0.05) is 18.2 Å². The van der Waals surface area contributed by atoms with Crippen molar-refractivity contribution < 1.29 is 18.0 Å². The van der Waals surface area contributed by atoms with Crippen LogP contribution in [0.2, 0.25) is 0 Å². The first kappa shape index (κ1) is 14.2. The van der Waals surface area contributed by atoms with Crippen molar-refractivity contribution >= 4 is 21.8 Å². The molecule has 0 aliphatic heterocycles. The smallest absolute Gasteiger partial charge is 0.264 e. The van der Waals surface area contributed by atoms with Gasteiger partial charge in [0.15, 0.2) is 0 Å². The van der Waals surface area contributed by atoms with Gasteiger partial charge < -0.3 is 5.32 Å². The molecule has 1 rings (SSSR count). The van der Waals surface area contributed by atoms with E-state index in [1.807, 2.05) is 4.72 Å². The average molecular weight is 270 g/mol. The normalized spacial score (nSPS) is 10.8. The highest BCUT2D eigenvalue weighted by molar-refractivity contribution is 7.90. The van der Waals surface area contributed by atoms with Crippen molar-refractivity contribution in [2.75, 3.05) is 12.8 Å². The molecule has 98 valence electrons. The standard InChI is InChI=1S/C11H14N2O4S/c1-3-18(16,17)13-11(15)9-6-4-8(5-7-9)10(14)12-2/h4-7H,3H2,1-2H3,(H,12,14)(H,13,15). The summed E-state index contributed by atoms with van der Waals surface area (Å²) in [5.41, 5.74) is 0.576. The zero-order chi connectivity index (χ0) is 13.8. The SMILES string of the molecule is CCS(=O)(=O)NC(=O)c1ccc(C(=O)NC)cc1. The summed E-state index contributed by atoms with van der Waals surface area (Å²) in [7, 11) is -2.08. The lowest BCUT2D eigenvalue weighted by atomic mass is 10.1. The maximum absolute atomic E-state index is 11.6. The molecule has 7 heteroatoms. The maximum atomic E-state index is 11.6. The molecule has 18 heavy (non-hydrogen) atoms. The topological polar surface area (TPSA) is 92.3 Å². The van der Waals surface area contributed by atoms with E-state index >= 15 is 0 Å². The van der Waals surface area contributed by atoms with Crippen molar-refractivity contribution in [3.63, 3.8) is 0 Å². The molecule has 0 heterocycles. The van der Waals surface area contributed by atoms with Crippen LogP contribution in [0, 0.1) is 0 Å². The Morgan fingerprint density at radius 2 is 1.50 bits per heavy atom. The Morgan fingerprint density at radius 3 is 1.89 bits per heavy atom. The third-order valence-corrected chi connectivity index (χ3v) is 3.52. The predicted octanol–water partition coefficient (Wildman–Crippen LogP) is 0.126. The molecule has 0 spiro atoms. The third kappa shape index (κ3) is 3.56. The first-order valence-corrected chi connectivity index (χ1v) is 6.92. The fraction of sp³-hybridized carbons (Fsp3) is 0.273. The minimum atomic E-state index is -3.58. The van der Waals surface area contributed by atoms with Crippen LogP contribution in [0.5, 0.6) is 0 Å². The van der Waals surface area contributed by atoms with Gasteiger partial charge in [-0.25, -0.2) is 13.1 Å². The number of hydrogen-bond acceptors (Lipinski definition) is 4. The molecule has 0 radical (unpaired) electrons. The molecule has 0 saturated heterocycles. The first-order valence-electron chi connectivity index (χ1n) is 5.26. The second-order valence-corrected chi connectivity index (χ2v) is 5.50. The van der Waals surface area contributed by atoms with E-state index < -0.39 is 15.9 Å². The molecule has 0 fully saturated rings. The summed E-state index contributed by atoms with van der Waals surface area (Å²) in [5, 5.41) is 2.44. The van der Waals surface area contributed by atoms with E-state index in [1.165, 1.54) is 38.2 Å². The van der Waals surface area contributed by atoms with Crippen LogP contribution in [0.3, 0.4) is 0 Å². The molecule has 0 saturated carbocycles. The van der Waals surface area contributed by atoms with Crippen LogP contribution in [-0.4, -0.2) is 33.0 Å². The highest BCUT2D eigenvalue weighted by atomic mass is 32.2.